The second kappa shape index (κ2) is 3.39. The molecule has 0 fully saturated rings. The SMILES string of the molecule is N#CC1CCc2cc(Br)ccc2O1. The Morgan fingerprint density at radius 1 is 1.54 bits per heavy atom. The van der Waals surface area contributed by atoms with Crippen LogP contribution in [0.3, 0.4) is 0 Å². The van der Waals surface area contributed by atoms with E-state index in [0.29, 0.717) is 0 Å². The summed E-state index contributed by atoms with van der Waals surface area (Å²) in [4.78, 5) is 0. The molecule has 0 spiro atoms. The van der Waals surface area contributed by atoms with E-state index in [0.717, 1.165) is 23.1 Å². The van der Waals surface area contributed by atoms with Gasteiger partial charge < -0.3 is 4.74 Å². The average molecular weight is 238 g/mol. The lowest BCUT2D eigenvalue weighted by Gasteiger charge is -2.21. The van der Waals surface area contributed by atoms with Crippen LogP contribution in [0.5, 0.6) is 5.75 Å². The summed E-state index contributed by atoms with van der Waals surface area (Å²) in [6, 6.07) is 8.00. The van der Waals surface area contributed by atoms with E-state index in [4.69, 9.17) is 10.00 Å². The van der Waals surface area contributed by atoms with Crippen LogP contribution >= 0.6 is 15.9 Å². The summed E-state index contributed by atoms with van der Waals surface area (Å²) >= 11 is 3.40. The largest absolute Gasteiger partial charge is 0.475 e. The van der Waals surface area contributed by atoms with Crippen LogP contribution < -0.4 is 4.74 Å². The van der Waals surface area contributed by atoms with Crippen molar-refractivity contribution in [1.82, 2.24) is 0 Å². The third kappa shape index (κ3) is 1.68. The molecule has 2 rings (SSSR count). The monoisotopic (exact) mass is 237 g/mol. The highest BCUT2D eigenvalue weighted by molar-refractivity contribution is 9.10. The summed E-state index contributed by atoms with van der Waals surface area (Å²) in [7, 11) is 0. The van der Waals surface area contributed by atoms with Crippen molar-refractivity contribution in [3.05, 3.63) is 28.2 Å². The van der Waals surface area contributed by atoms with Crippen LogP contribution in [0.15, 0.2) is 22.7 Å². The number of halogens is 1. The molecule has 0 radical (unpaired) electrons. The van der Waals surface area contributed by atoms with Crippen molar-refractivity contribution >= 4 is 15.9 Å². The van der Waals surface area contributed by atoms with E-state index >= 15 is 0 Å². The van der Waals surface area contributed by atoms with E-state index in [-0.39, 0.29) is 6.10 Å². The number of hydrogen-bond acceptors (Lipinski definition) is 2. The summed E-state index contributed by atoms with van der Waals surface area (Å²) in [6.07, 6.45) is 1.45. The lowest BCUT2D eigenvalue weighted by Crippen LogP contribution is -2.20. The number of nitriles is 1. The Balaban J connectivity index is 2.32. The van der Waals surface area contributed by atoms with Gasteiger partial charge in [-0.1, -0.05) is 15.9 Å². The fourth-order valence-electron chi connectivity index (χ4n) is 1.45. The summed E-state index contributed by atoms with van der Waals surface area (Å²) in [5, 5.41) is 8.69. The van der Waals surface area contributed by atoms with Crippen molar-refractivity contribution in [2.45, 2.75) is 18.9 Å². The van der Waals surface area contributed by atoms with Gasteiger partial charge in [-0.05, 0) is 30.2 Å². The number of ether oxygens (including phenoxy) is 1. The molecule has 0 bridgehead atoms. The Kier molecular flexibility index (Phi) is 2.24. The van der Waals surface area contributed by atoms with Crippen molar-refractivity contribution in [3.8, 4) is 11.8 Å². The van der Waals surface area contributed by atoms with Crippen LogP contribution in [0.25, 0.3) is 0 Å². The van der Waals surface area contributed by atoms with Crippen LogP contribution in [0.1, 0.15) is 12.0 Å². The van der Waals surface area contributed by atoms with E-state index in [1.54, 1.807) is 0 Å². The van der Waals surface area contributed by atoms with Crippen molar-refractivity contribution in [2.24, 2.45) is 0 Å². The van der Waals surface area contributed by atoms with Crippen molar-refractivity contribution in [2.75, 3.05) is 0 Å². The Bertz CT molecular complexity index is 370. The predicted octanol–water partition coefficient (Wildman–Crippen LogP) is 2.67. The normalized spacial score (nSPS) is 19.8. The molecule has 0 aliphatic carbocycles. The molecule has 1 aromatic carbocycles. The molecule has 3 heteroatoms. The first-order valence-electron chi connectivity index (χ1n) is 4.14. The number of benzene rings is 1. The number of nitrogens with zero attached hydrogens (tertiary/aromatic N) is 1. The first kappa shape index (κ1) is 8.58. The molecule has 1 unspecified atom stereocenters. The Morgan fingerprint density at radius 2 is 2.38 bits per heavy atom. The minimum atomic E-state index is -0.270. The molecule has 1 aromatic rings. The maximum absolute atomic E-state index is 8.69. The smallest absolute Gasteiger partial charge is 0.184 e. The summed E-state index contributed by atoms with van der Waals surface area (Å²) in [5.74, 6) is 0.848. The van der Waals surface area contributed by atoms with Gasteiger partial charge in [-0.2, -0.15) is 5.26 Å². The molecule has 0 saturated carbocycles. The molecule has 0 amide bonds. The third-order valence-corrected chi connectivity index (χ3v) is 2.60. The number of aryl methyl sites for hydroxylation is 1. The first-order valence-corrected chi connectivity index (χ1v) is 4.93. The van der Waals surface area contributed by atoms with Gasteiger partial charge in [0.15, 0.2) is 6.10 Å². The lowest BCUT2D eigenvalue weighted by molar-refractivity contribution is 0.225. The van der Waals surface area contributed by atoms with Crippen LogP contribution in [0, 0.1) is 11.3 Å². The van der Waals surface area contributed by atoms with E-state index in [1.165, 1.54) is 5.56 Å². The van der Waals surface area contributed by atoms with Gasteiger partial charge in [0.1, 0.15) is 11.8 Å². The Morgan fingerprint density at radius 3 is 3.15 bits per heavy atom. The number of rotatable bonds is 0. The zero-order valence-electron chi connectivity index (χ0n) is 6.96. The molecular weight excluding hydrogens is 230 g/mol. The maximum Gasteiger partial charge on any atom is 0.184 e. The molecule has 0 aromatic heterocycles. The second-order valence-corrected chi connectivity index (χ2v) is 3.94. The van der Waals surface area contributed by atoms with Gasteiger partial charge in [-0.3, -0.25) is 0 Å². The topological polar surface area (TPSA) is 33.0 Å². The van der Waals surface area contributed by atoms with Gasteiger partial charge in [-0.15, -0.1) is 0 Å². The molecule has 1 heterocycles. The molecular formula is C10H8BrNO. The minimum absolute atomic E-state index is 0.270. The highest BCUT2D eigenvalue weighted by Crippen LogP contribution is 2.29. The van der Waals surface area contributed by atoms with Crippen molar-refractivity contribution < 1.29 is 4.74 Å². The molecule has 13 heavy (non-hydrogen) atoms. The summed E-state index contributed by atoms with van der Waals surface area (Å²) < 4.78 is 6.51. The zero-order valence-corrected chi connectivity index (χ0v) is 8.54. The average Bonchev–Trinajstić information content (AvgIpc) is 2.17. The van der Waals surface area contributed by atoms with E-state index < -0.39 is 0 Å². The van der Waals surface area contributed by atoms with Gasteiger partial charge in [-0.25, -0.2) is 0 Å². The third-order valence-electron chi connectivity index (χ3n) is 2.11. The maximum atomic E-state index is 8.69. The van der Waals surface area contributed by atoms with E-state index in [9.17, 15) is 0 Å². The lowest BCUT2D eigenvalue weighted by atomic mass is 10.0. The van der Waals surface area contributed by atoms with Gasteiger partial charge in [0.2, 0.25) is 0 Å². The highest BCUT2D eigenvalue weighted by atomic mass is 79.9. The molecule has 1 aliphatic heterocycles. The standard InChI is InChI=1S/C10H8BrNO/c11-8-2-4-10-7(5-8)1-3-9(6-12)13-10/h2,4-5,9H,1,3H2. The molecule has 0 N–H and O–H groups in total. The first-order chi connectivity index (χ1) is 6.29. The Labute approximate surface area is 85.3 Å². The molecule has 1 atom stereocenters. The summed E-state index contributed by atoms with van der Waals surface area (Å²) in [6.45, 7) is 0. The quantitative estimate of drug-likeness (QED) is 0.696. The van der Waals surface area contributed by atoms with Crippen molar-refractivity contribution in [3.63, 3.8) is 0 Å². The van der Waals surface area contributed by atoms with Crippen LogP contribution in [-0.2, 0) is 6.42 Å². The molecule has 0 saturated heterocycles. The van der Waals surface area contributed by atoms with Gasteiger partial charge >= 0.3 is 0 Å². The molecule has 1 aliphatic rings. The Hall–Kier alpha value is -1.01. The highest BCUT2D eigenvalue weighted by Gasteiger charge is 2.18. The number of fused-ring (bicyclic) bond motifs is 1. The fourth-order valence-corrected chi connectivity index (χ4v) is 1.86. The molecule has 66 valence electrons. The van der Waals surface area contributed by atoms with Crippen LogP contribution in [0.4, 0.5) is 0 Å². The van der Waals surface area contributed by atoms with Crippen molar-refractivity contribution in [1.29, 1.82) is 5.26 Å². The zero-order chi connectivity index (χ0) is 9.26. The van der Waals surface area contributed by atoms with Crippen LogP contribution in [-0.4, -0.2) is 6.10 Å². The fraction of sp³-hybridized carbons (Fsp3) is 0.300. The molecule has 2 nitrogen and oxygen atoms in total. The summed E-state index contributed by atoms with van der Waals surface area (Å²) in [5.41, 5.74) is 1.18. The number of hydrogen-bond donors (Lipinski definition) is 0. The van der Waals surface area contributed by atoms with E-state index in [2.05, 4.69) is 22.0 Å². The predicted molar refractivity (Wildman–Crippen MR) is 52.5 cm³/mol. The second-order valence-electron chi connectivity index (χ2n) is 3.03. The van der Waals surface area contributed by atoms with Gasteiger partial charge in [0.25, 0.3) is 0 Å². The minimum Gasteiger partial charge on any atom is -0.475 e. The van der Waals surface area contributed by atoms with Crippen LogP contribution in [0.2, 0.25) is 0 Å². The van der Waals surface area contributed by atoms with Gasteiger partial charge in [0.05, 0.1) is 0 Å². The van der Waals surface area contributed by atoms with Gasteiger partial charge in [0, 0.05) is 10.9 Å². The van der Waals surface area contributed by atoms with E-state index in [1.807, 2.05) is 18.2 Å².